The van der Waals surface area contributed by atoms with Crippen molar-refractivity contribution in [2.45, 2.75) is 55.5 Å². The Balaban J connectivity index is 0.000000216. The zero-order chi connectivity index (χ0) is 29.2. The molecule has 4 aliphatic rings. The summed E-state index contributed by atoms with van der Waals surface area (Å²) < 4.78 is 5.22. The predicted octanol–water partition coefficient (Wildman–Crippen LogP) is -7.95. The van der Waals surface area contributed by atoms with Crippen LogP contribution >= 0.6 is 0 Å². The monoisotopic (exact) mass is 567 g/mol. The number of aliphatic hydroxyl groups is 7. The van der Waals surface area contributed by atoms with Gasteiger partial charge in [-0.05, 0) is 6.92 Å². The highest BCUT2D eigenvalue weighted by atomic mass is 16.8. The van der Waals surface area contributed by atoms with Crippen LogP contribution in [0.15, 0.2) is 10.2 Å². The number of urea groups is 2. The number of hydroxylamine groups is 1. The Morgan fingerprint density at radius 1 is 1.00 bits per heavy atom. The van der Waals surface area contributed by atoms with E-state index in [1.807, 2.05) is 0 Å². The van der Waals surface area contributed by atoms with E-state index in [1.165, 1.54) is 6.92 Å². The molecule has 0 saturated carbocycles. The van der Waals surface area contributed by atoms with Crippen LogP contribution in [0, 0.1) is 0 Å². The Labute approximate surface area is 219 Å². The van der Waals surface area contributed by atoms with Gasteiger partial charge in [0.1, 0.15) is 42.8 Å². The van der Waals surface area contributed by atoms with Crippen LogP contribution in [0.4, 0.5) is 9.59 Å². The van der Waals surface area contributed by atoms with Crippen molar-refractivity contribution in [1.82, 2.24) is 30.7 Å². The molecule has 4 aliphatic heterocycles. The first-order chi connectivity index (χ1) is 18.3. The highest BCUT2D eigenvalue weighted by molar-refractivity contribution is 6.04. The van der Waals surface area contributed by atoms with E-state index < -0.39 is 73.9 Å². The summed E-state index contributed by atoms with van der Waals surface area (Å²) in [6.45, 7) is -0.124. The molecular formula is C17H33N11O11. The first kappa shape index (κ1) is 30.4. The first-order valence-electron chi connectivity index (χ1n) is 11.3. The molecule has 0 spiro atoms. The molecule has 0 radical (unpaired) electrons. The molecule has 4 rings (SSSR count). The van der Waals surface area contributed by atoms with E-state index in [0.717, 1.165) is 14.9 Å². The Bertz CT molecular complexity index is 971. The topological polar surface area (TPSA) is 334 Å². The van der Waals surface area contributed by atoms with Crippen molar-refractivity contribution in [2.24, 2.45) is 27.7 Å². The molecular weight excluding hydrogens is 534 g/mol. The van der Waals surface area contributed by atoms with Crippen molar-refractivity contribution in [3.8, 4) is 0 Å². The van der Waals surface area contributed by atoms with Crippen molar-refractivity contribution in [1.29, 1.82) is 0 Å². The van der Waals surface area contributed by atoms with Crippen molar-refractivity contribution in [3.05, 3.63) is 0 Å². The number of nitrogens with one attached hydrogen (secondary N) is 2. The third-order valence-corrected chi connectivity index (χ3v) is 6.13. The summed E-state index contributed by atoms with van der Waals surface area (Å²) in [7, 11) is 0. The van der Waals surface area contributed by atoms with Crippen LogP contribution in [-0.2, 0) is 9.57 Å². The molecule has 0 aromatic carbocycles. The molecule has 22 nitrogen and oxygen atoms in total. The fraction of sp³-hybridized carbons (Fsp3) is 0.765. The van der Waals surface area contributed by atoms with E-state index in [0.29, 0.717) is 5.17 Å². The predicted molar refractivity (Wildman–Crippen MR) is 124 cm³/mol. The number of nitrogens with two attached hydrogens (primary N) is 3. The number of aliphatic hydroxyl groups excluding tert-OH is 6. The van der Waals surface area contributed by atoms with E-state index in [-0.39, 0.29) is 25.0 Å². The van der Waals surface area contributed by atoms with Gasteiger partial charge in [-0.1, -0.05) is 5.17 Å². The second-order valence-corrected chi connectivity index (χ2v) is 8.97. The Kier molecular flexibility index (Phi) is 9.29. The minimum absolute atomic E-state index is 0.0343. The lowest BCUT2D eigenvalue weighted by molar-refractivity contribution is -0.304. The smallest absolute Gasteiger partial charge is 0.339 e. The van der Waals surface area contributed by atoms with Gasteiger partial charge in [-0.2, -0.15) is 5.10 Å². The van der Waals surface area contributed by atoms with E-state index in [2.05, 4.69) is 20.8 Å². The molecule has 0 bridgehead atoms. The molecule has 1 unspecified atom stereocenters. The lowest BCUT2D eigenvalue weighted by Crippen LogP contribution is -2.67. The minimum atomic E-state index is -1.59. The third kappa shape index (κ3) is 5.89. The third-order valence-electron chi connectivity index (χ3n) is 6.13. The van der Waals surface area contributed by atoms with Crippen molar-refractivity contribution in [2.75, 3.05) is 26.4 Å². The summed E-state index contributed by atoms with van der Waals surface area (Å²) in [6, 6.07) is -1.40. The average molecular weight is 568 g/mol. The number of nitrogens with zero attached hydrogens (tertiary/aromatic N) is 6. The molecule has 39 heavy (non-hydrogen) atoms. The Morgan fingerprint density at radius 3 is 2.15 bits per heavy atom. The largest absolute Gasteiger partial charge is 0.394 e. The van der Waals surface area contributed by atoms with Crippen LogP contribution < -0.4 is 28.2 Å². The van der Waals surface area contributed by atoms with Crippen LogP contribution in [0.25, 0.3) is 0 Å². The number of rotatable bonds is 4. The van der Waals surface area contributed by atoms with Crippen molar-refractivity contribution in [3.63, 3.8) is 0 Å². The van der Waals surface area contributed by atoms with Crippen LogP contribution in [0.3, 0.4) is 0 Å². The highest BCUT2D eigenvalue weighted by Gasteiger charge is 2.50. The second-order valence-electron chi connectivity index (χ2n) is 8.97. The summed E-state index contributed by atoms with van der Waals surface area (Å²) in [6.07, 6.45) is -8.79. The fourth-order valence-corrected chi connectivity index (χ4v) is 3.97. The zero-order valence-electron chi connectivity index (χ0n) is 20.5. The zero-order valence-corrected chi connectivity index (χ0v) is 20.5. The van der Waals surface area contributed by atoms with Gasteiger partial charge >= 0.3 is 12.1 Å². The van der Waals surface area contributed by atoms with E-state index >= 15 is 0 Å². The number of guanidine groups is 1. The van der Waals surface area contributed by atoms with Gasteiger partial charge in [0.25, 0.3) is 0 Å². The number of hydrogen-bond acceptors (Lipinski definition) is 17. The molecule has 4 heterocycles. The number of amidine groups is 1. The summed E-state index contributed by atoms with van der Waals surface area (Å²) in [5.41, 5.74) is -1.59. The van der Waals surface area contributed by atoms with Gasteiger partial charge in [-0.25, -0.2) is 20.4 Å². The lowest BCUT2D eigenvalue weighted by atomic mass is 10.0. The maximum absolute atomic E-state index is 11.9. The fourth-order valence-electron chi connectivity index (χ4n) is 3.97. The number of hydrazine groups is 2. The maximum Gasteiger partial charge on any atom is 0.339 e. The number of carbonyl (C=O) groups is 2. The van der Waals surface area contributed by atoms with Gasteiger partial charge in [-0.3, -0.25) is 25.4 Å². The standard InChI is InChI=1S/C9H17N5O6.C8H16N6O5/c1-9(19)3-13(8(18)11-7(9)12-10)14-6(17)5(16)4(2-15)20-14;9-12-7-11-8(18)13(2-14(7)10)6-5(17)4(16)3(1-15)19-6/h4-6,15-17,19H,2-3,10H2,1H3,(H,11,12,18);3-6,15-17H,1-2,9-10H2,(H,11,12,18)/t4-,5-,6-,9?;3-,4-,5-,6-/m11/s1. The first-order valence-corrected chi connectivity index (χ1v) is 11.3. The molecule has 4 fully saturated rings. The Morgan fingerprint density at radius 2 is 1.64 bits per heavy atom. The molecule has 8 atom stereocenters. The average Bonchev–Trinajstić information content (AvgIpc) is 3.35. The molecule has 4 saturated heterocycles. The summed E-state index contributed by atoms with van der Waals surface area (Å²) in [5.74, 6) is 15.5. The van der Waals surface area contributed by atoms with Gasteiger partial charge in [-0.15, -0.1) is 5.10 Å². The summed E-state index contributed by atoms with van der Waals surface area (Å²) >= 11 is 0. The van der Waals surface area contributed by atoms with E-state index in [9.17, 15) is 35.1 Å². The van der Waals surface area contributed by atoms with Gasteiger partial charge in [0.15, 0.2) is 18.3 Å². The number of β-amino-alcohol motifs (C(OH)–C–C–N with tert-alkyl or cyclic N) is 1. The molecule has 0 aromatic rings. The van der Waals surface area contributed by atoms with Crippen LogP contribution in [0.2, 0.25) is 0 Å². The van der Waals surface area contributed by atoms with E-state index in [4.69, 9.17) is 37.3 Å². The number of hydrazone groups is 2. The Hall–Kier alpha value is -3.16. The van der Waals surface area contributed by atoms with Crippen LogP contribution in [0.5, 0.6) is 0 Å². The molecule has 4 amide bonds. The summed E-state index contributed by atoms with van der Waals surface area (Å²) in [4.78, 5) is 29.8. The maximum atomic E-state index is 11.9. The van der Waals surface area contributed by atoms with E-state index in [1.54, 1.807) is 0 Å². The van der Waals surface area contributed by atoms with Crippen LogP contribution in [0.1, 0.15) is 6.92 Å². The molecule has 0 aliphatic carbocycles. The lowest BCUT2D eigenvalue weighted by Gasteiger charge is -2.41. The number of amides is 4. The van der Waals surface area contributed by atoms with Gasteiger partial charge in [0.05, 0.1) is 19.8 Å². The van der Waals surface area contributed by atoms with Gasteiger partial charge in [0, 0.05) is 0 Å². The van der Waals surface area contributed by atoms with Crippen LogP contribution in [-0.4, -0.2) is 155 Å². The van der Waals surface area contributed by atoms with Gasteiger partial charge < -0.3 is 52.2 Å². The molecule has 22 heteroatoms. The minimum Gasteiger partial charge on any atom is -0.394 e. The van der Waals surface area contributed by atoms with Crippen molar-refractivity contribution < 1.29 is 54.9 Å². The number of hydrogen-bond donors (Lipinski definition) is 12. The quantitative estimate of drug-likeness (QED) is 0.111. The molecule has 15 N–H and O–H groups in total. The van der Waals surface area contributed by atoms with Crippen molar-refractivity contribution >= 4 is 23.9 Å². The molecule has 222 valence electrons. The van der Waals surface area contributed by atoms with Gasteiger partial charge in [0.2, 0.25) is 5.96 Å². The number of ether oxygens (including phenoxy) is 1. The highest BCUT2D eigenvalue weighted by Crippen LogP contribution is 2.26. The number of carbonyl (C=O) groups excluding carboxylic acids is 2. The normalized spacial score (nSPS) is 39.6. The SMILES string of the molecule is CC1(O)CN(N2O[C@H](CO)[C@@H](O)[C@H]2O)C(=O)NC1=NN.NN=C1NC(=O)N([C@@H]2O[C@H](CO)[C@@H](O)[C@H]2O)CN1N. The summed E-state index contributed by atoms with van der Waals surface area (Å²) in [5, 5.41) is 80.6. The molecule has 0 aromatic heterocycles. The second kappa shape index (κ2) is 11.9.